The van der Waals surface area contributed by atoms with Crippen LogP contribution in [0.25, 0.3) is 21.5 Å². The van der Waals surface area contributed by atoms with Crippen molar-refractivity contribution in [1.29, 1.82) is 0 Å². The summed E-state index contributed by atoms with van der Waals surface area (Å²) in [7, 11) is 0. The van der Waals surface area contributed by atoms with Gasteiger partial charge in [0.25, 0.3) is 0 Å². The van der Waals surface area contributed by atoms with Crippen molar-refractivity contribution in [2.75, 3.05) is 0 Å². The number of aromatic hydroxyl groups is 2. The van der Waals surface area contributed by atoms with Crippen molar-refractivity contribution in [1.82, 2.24) is 0 Å². The topological polar surface area (TPSA) is 40.5 Å². The van der Waals surface area contributed by atoms with Crippen LogP contribution < -0.4 is 18.9 Å². The molecule has 4 aromatic carbocycles. The Hall–Kier alpha value is -1.87. The molecule has 0 aromatic heterocycles. The molecule has 0 radical (unpaired) electrons. The van der Waals surface area contributed by atoms with Crippen LogP contribution in [0.3, 0.4) is 0 Å². The number of hydrogen-bond acceptors (Lipinski definition) is 2. The number of fused-ring (bicyclic) bond motifs is 2. The molecule has 24 heavy (non-hydrogen) atoms. The summed E-state index contributed by atoms with van der Waals surface area (Å²) in [5, 5.41) is 22.7. The van der Waals surface area contributed by atoms with Gasteiger partial charge in [0.15, 0.2) is 0 Å². The van der Waals surface area contributed by atoms with Crippen LogP contribution in [0, 0.1) is 0 Å². The summed E-state index contributed by atoms with van der Waals surface area (Å²) >= 11 is 0. The summed E-state index contributed by atoms with van der Waals surface area (Å²) in [6, 6.07) is 26.6. The minimum atomic E-state index is 0. The normalized spacial score (nSPS) is 9.33. The Kier molecular flexibility index (Phi) is 7.93. The molecule has 0 amide bonds. The van der Waals surface area contributed by atoms with Crippen LogP contribution in [0.5, 0.6) is 11.5 Å². The van der Waals surface area contributed by atoms with E-state index in [9.17, 15) is 10.2 Å². The van der Waals surface area contributed by atoms with Crippen molar-refractivity contribution in [3.63, 3.8) is 0 Å². The molecule has 0 aliphatic rings. The zero-order valence-corrected chi connectivity index (χ0v) is 14.7. The molecule has 4 aromatic rings. The Morgan fingerprint density at radius 2 is 0.833 bits per heavy atom. The molecule has 4 heteroatoms. The van der Waals surface area contributed by atoms with Gasteiger partial charge in [-0.25, -0.2) is 0 Å². The average molecular weight is 326 g/mol. The van der Waals surface area contributed by atoms with Crippen molar-refractivity contribution in [2.24, 2.45) is 0 Å². The van der Waals surface area contributed by atoms with Crippen LogP contribution in [0.15, 0.2) is 84.9 Å². The van der Waals surface area contributed by atoms with E-state index in [0.717, 1.165) is 21.5 Å². The zero-order valence-electron chi connectivity index (χ0n) is 17.6. The molecule has 0 saturated carbocycles. The summed E-state index contributed by atoms with van der Waals surface area (Å²) in [6.07, 6.45) is 0. The smallest absolute Gasteiger partial charge is 1.00 e. The van der Waals surface area contributed by atoms with Gasteiger partial charge < -0.3 is 15.9 Å². The average Bonchev–Trinajstić information content (AvgIpc) is 2.57. The van der Waals surface area contributed by atoms with Crippen LogP contribution in [-0.4, -0.2) is 27.6 Å². The maximum absolute atomic E-state index is 9.37. The maximum atomic E-state index is 9.37. The van der Waals surface area contributed by atoms with Gasteiger partial charge in [-0.2, -0.15) is 0 Å². The number of benzene rings is 4. The molecule has 0 aliphatic carbocycles. The largest absolute Gasteiger partial charge is 3.00 e. The van der Waals surface area contributed by atoms with E-state index in [1.54, 1.807) is 12.1 Å². The van der Waals surface area contributed by atoms with Crippen LogP contribution in [0.1, 0.15) is 5.71 Å². The van der Waals surface area contributed by atoms with E-state index in [0.29, 0.717) is 11.5 Å². The van der Waals surface area contributed by atoms with Gasteiger partial charge in [0, 0.05) is 10.8 Å². The summed E-state index contributed by atoms with van der Waals surface area (Å²) in [5.74, 6) is 0.700. The summed E-state index contributed by atoms with van der Waals surface area (Å²) < 4.78 is 0. The second-order valence-corrected chi connectivity index (χ2v) is 5.00. The molecule has 0 saturated heterocycles. The van der Waals surface area contributed by atoms with E-state index < -0.39 is 0 Å². The van der Waals surface area contributed by atoms with Crippen LogP contribution >= 0.6 is 0 Å². The molecule has 0 unspecified atom stereocenters. The fourth-order valence-electron chi connectivity index (χ4n) is 2.42. The quantitative estimate of drug-likeness (QED) is 0.486. The first-order chi connectivity index (χ1) is 10.8. The van der Waals surface area contributed by atoms with Crippen LogP contribution in [-0.2, 0) is 0 Å². The number of hydrogen-bond donors (Lipinski definition) is 2. The second kappa shape index (κ2) is 9.43. The van der Waals surface area contributed by atoms with Crippen LogP contribution in [0.4, 0.5) is 0 Å². The van der Waals surface area contributed by atoms with E-state index in [1.807, 2.05) is 72.8 Å². The van der Waals surface area contributed by atoms with Gasteiger partial charge in [-0.1, -0.05) is 72.8 Å². The van der Waals surface area contributed by atoms with Crippen molar-refractivity contribution in [2.45, 2.75) is 0 Å². The van der Waals surface area contributed by atoms with Gasteiger partial charge in [0.2, 0.25) is 0 Å². The Morgan fingerprint density at radius 1 is 0.500 bits per heavy atom. The number of rotatable bonds is 0. The third kappa shape index (κ3) is 4.57. The van der Waals surface area contributed by atoms with Crippen molar-refractivity contribution < 1.29 is 34.8 Å². The molecule has 0 aliphatic heterocycles. The third-order valence-electron chi connectivity index (χ3n) is 3.53. The predicted molar refractivity (Wildman–Crippen MR) is 101 cm³/mol. The van der Waals surface area contributed by atoms with E-state index in [2.05, 4.69) is 0 Å². The molecular weight excluding hydrogens is 306 g/mol. The first-order valence-corrected chi connectivity index (χ1v) is 7.09. The molecule has 0 atom stereocenters. The molecule has 116 valence electrons. The van der Waals surface area contributed by atoms with Gasteiger partial charge in [0.1, 0.15) is 11.5 Å². The van der Waals surface area contributed by atoms with Crippen molar-refractivity contribution in [3.05, 3.63) is 84.9 Å². The predicted octanol–water partition coefficient (Wildman–Crippen LogP) is 2.16. The molecule has 4 rings (SSSR count). The van der Waals surface area contributed by atoms with E-state index >= 15 is 0 Å². The Morgan fingerprint density at radius 3 is 1.21 bits per heavy atom. The van der Waals surface area contributed by atoms with E-state index in [1.165, 1.54) is 0 Å². The first kappa shape index (κ1) is 20.2. The van der Waals surface area contributed by atoms with Gasteiger partial charge >= 0.3 is 36.2 Å². The molecule has 0 bridgehead atoms. The minimum absolute atomic E-state index is 0. The second-order valence-electron chi connectivity index (χ2n) is 5.00. The zero-order chi connectivity index (χ0) is 15.4. The molecule has 2 N–H and O–H groups in total. The maximum Gasteiger partial charge on any atom is 3.00 e. The Balaban J connectivity index is -0.000000169. The van der Waals surface area contributed by atoms with E-state index in [4.69, 9.17) is 0 Å². The van der Waals surface area contributed by atoms with Gasteiger partial charge in [-0.15, -0.1) is 0 Å². The fourth-order valence-corrected chi connectivity index (χ4v) is 2.42. The molecular formula is C20H20AlLiO2. The Bertz CT molecular complexity index is 854. The summed E-state index contributed by atoms with van der Waals surface area (Å²) in [6.45, 7) is 0. The SMILES string of the molecule is Oc1cccc2ccccc12.Oc1cccc2ccccc12.[Al+3].[H-].[H-].[H-].[H-].[Li+]. The Labute approximate surface area is 170 Å². The summed E-state index contributed by atoms with van der Waals surface area (Å²) in [5.41, 5.74) is 0. The van der Waals surface area contributed by atoms with Gasteiger partial charge in [-0.3, -0.25) is 0 Å². The van der Waals surface area contributed by atoms with Gasteiger partial charge in [-0.05, 0) is 22.9 Å². The summed E-state index contributed by atoms with van der Waals surface area (Å²) in [4.78, 5) is 0. The first-order valence-electron chi connectivity index (χ1n) is 7.09. The van der Waals surface area contributed by atoms with Gasteiger partial charge in [0.05, 0.1) is 0 Å². The number of phenols is 2. The molecule has 2 nitrogen and oxygen atoms in total. The fraction of sp³-hybridized carbons (Fsp3) is 0. The molecule has 0 fully saturated rings. The number of phenolic OH excluding ortho intramolecular Hbond substituents is 2. The third-order valence-corrected chi connectivity index (χ3v) is 3.53. The van der Waals surface area contributed by atoms with Crippen LogP contribution in [0.2, 0.25) is 0 Å². The molecule has 0 heterocycles. The minimum Gasteiger partial charge on any atom is -1.00 e. The standard InChI is InChI=1S/2C10H8O.Al.Li.4H/c2*11-10-7-3-5-8-4-1-2-6-9(8)10;;;;;;/h2*1-7,11H;;;;;;/q;;+3;+1;4*-1. The molecule has 0 spiro atoms. The monoisotopic (exact) mass is 326 g/mol. The van der Waals surface area contributed by atoms with Crippen molar-refractivity contribution >= 4 is 38.9 Å². The van der Waals surface area contributed by atoms with E-state index in [-0.39, 0.29) is 41.9 Å². The van der Waals surface area contributed by atoms with Crippen molar-refractivity contribution in [3.8, 4) is 11.5 Å².